The fourth-order valence-electron chi connectivity index (χ4n) is 1.23. The maximum Gasteiger partial charge on any atom is 0.320 e. The van der Waals surface area contributed by atoms with Crippen LogP contribution in [-0.4, -0.2) is 26.7 Å². The van der Waals surface area contributed by atoms with Crippen molar-refractivity contribution in [1.29, 1.82) is 0 Å². The second-order valence-corrected chi connectivity index (χ2v) is 4.41. The second-order valence-electron chi connectivity index (χ2n) is 3.80. The average molecular weight is 229 g/mol. The molecule has 0 aromatic carbocycles. The molecule has 1 unspecified atom stereocenters. The van der Waals surface area contributed by atoms with E-state index in [0.717, 1.165) is 5.69 Å². The minimum atomic E-state index is -0.813. The topological polar surface area (TPSA) is 75.1 Å². The lowest BCUT2D eigenvalue weighted by Crippen LogP contribution is -2.37. The summed E-state index contributed by atoms with van der Waals surface area (Å²) in [6, 6.07) is -0.508. The van der Waals surface area contributed by atoms with Gasteiger partial charge in [-0.1, -0.05) is 18.3 Å². The monoisotopic (exact) mass is 229 g/mol. The van der Waals surface area contributed by atoms with Crippen LogP contribution in [0, 0.1) is 5.92 Å². The van der Waals surface area contributed by atoms with Gasteiger partial charge in [0.05, 0.1) is 5.69 Å². The van der Waals surface area contributed by atoms with Crippen LogP contribution < -0.4 is 5.32 Å². The van der Waals surface area contributed by atoms with Crippen molar-refractivity contribution in [2.75, 3.05) is 0 Å². The standard InChI is InChI=1S/C9H15N3O2S/c1-6(2)3-8(9(13)14)10-4-7-5-15-12-11-7/h5-6,8,10H,3-4H2,1-2H3,(H,13,14). The first-order valence-electron chi connectivity index (χ1n) is 4.81. The van der Waals surface area contributed by atoms with E-state index in [4.69, 9.17) is 5.11 Å². The molecule has 84 valence electrons. The van der Waals surface area contributed by atoms with Gasteiger partial charge in [-0.25, -0.2) is 0 Å². The van der Waals surface area contributed by atoms with Gasteiger partial charge in [-0.3, -0.25) is 10.1 Å². The number of nitrogens with one attached hydrogen (secondary N) is 1. The highest BCUT2D eigenvalue weighted by atomic mass is 32.1. The van der Waals surface area contributed by atoms with Gasteiger partial charge in [-0.15, -0.1) is 5.10 Å². The molecule has 0 bridgehead atoms. The van der Waals surface area contributed by atoms with Crippen LogP contribution in [0.3, 0.4) is 0 Å². The number of nitrogens with zero attached hydrogens (tertiary/aromatic N) is 2. The van der Waals surface area contributed by atoms with Gasteiger partial charge < -0.3 is 5.11 Å². The average Bonchev–Trinajstić information content (AvgIpc) is 2.63. The summed E-state index contributed by atoms with van der Waals surface area (Å²) >= 11 is 1.27. The summed E-state index contributed by atoms with van der Waals surface area (Å²) in [4.78, 5) is 10.9. The Balaban J connectivity index is 2.41. The van der Waals surface area contributed by atoms with Gasteiger partial charge in [0.2, 0.25) is 0 Å². The third-order valence-electron chi connectivity index (χ3n) is 1.94. The molecule has 15 heavy (non-hydrogen) atoms. The fourth-order valence-corrected chi connectivity index (χ4v) is 1.68. The first-order valence-corrected chi connectivity index (χ1v) is 5.65. The third kappa shape index (κ3) is 4.35. The summed E-state index contributed by atoms with van der Waals surface area (Å²) in [5, 5.41) is 17.6. The molecule has 0 aliphatic heterocycles. The van der Waals surface area contributed by atoms with E-state index in [1.54, 1.807) is 5.38 Å². The lowest BCUT2D eigenvalue weighted by Gasteiger charge is -2.15. The zero-order valence-electron chi connectivity index (χ0n) is 8.80. The largest absolute Gasteiger partial charge is 0.480 e. The Bertz CT molecular complexity index is 300. The number of aliphatic carboxylic acids is 1. The van der Waals surface area contributed by atoms with Gasteiger partial charge in [-0.05, 0) is 23.9 Å². The minimum absolute atomic E-state index is 0.354. The maximum absolute atomic E-state index is 10.9. The Morgan fingerprint density at radius 2 is 2.40 bits per heavy atom. The Labute approximate surface area is 92.7 Å². The second kappa shape index (κ2) is 5.77. The molecule has 0 radical (unpaired) electrons. The molecule has 0 spiro atoms. The molecule has 5 nitrogen and oxygen atoms in total. The van der Waals surface area contributed by atoms with Crippen molar-refractivity contribution in [3.8, 4) is 0 Å². The molecule has 1 heterocycles. The van der Waals surface area contributed by atoms with Crippen LogP contribution in [0.5, 0.6) is 0 Å². The molecule has 0 aliphatic carbocycles. The SMILES string of the molecule is CC(C)CC(NCc1csnn1)C(=O)O. The molecule has 6 heteroatoms. The zero-order valence-corrected chi connectivity index (χ0v) is 9.62. The van der Waals surface area contributed by atoms with Crippen LogP contribution in [-0.2, 0) is 11.3 Å². The summed E-state index contributed by atoms with van der Waals surface area (Å²) in [6.07, 6.45) is 0.618. The van der Waals surface area contributed by atoms with Crippen molar-refractivity contribution in [3.05, 3.63) is 11.1 Å². The normalized spacial score (nSPS) is 13.0. The van der Waals surface area contributed by atoms with Crippen LogP contribution >= 0.6 is 11.5 Å². The highest BCUT2D eigenvalue weighted by molar-refractivity contribution is 7.03. The molecular weight excluding hydrogens is 214 g/mol. The molecule has 0 aliphatic rings. The molecule has 0 saturated carbocycles. The van der Waals surface area contributed by atoms with E-state index < -0.39 is 12.0 Å². The predicted molar refractivity (Wildman–Crippen MR) is 57.6 cm³/mol. The minimum Gasteiger partial charge on any atom is -0.480 e. The first kappa shape index (κ1) is 12.1. The fraction of sp³-hybridized carbons (Fsp3) is 0.667. The quantitative estimate of drug-likeness (QED) is 0.764. The zero-order chi connectivity index (χ0) is 11.3. The highest BCUT2D eigenvalue weighted by Gasteiger charge is 2.18. The number of hydrogen-bond acceptors (Lipinski definition) is 5. The summed E-state index contributed by atoms with van der Waals surface area (Å²) in [7, 11) is 0. The number of carboxylic acids is 1. The third-order valence-corrected chi connectivity index (χ3v) is 2.49. The summed E-state index contributed by atoms with van der Waals surface area (Å²) in [5.41, 5.74) is 0.787. The van der Waals surface area contributed by atoms with Gasteiger partial charge in [0, 0.05) is 11.9 Å². The number of carboxylic acid groups (broad SMARTS) is 1. The lowest BCUT2D eigenvalue weighted by atomic mass is 10.0. The summed E-state index contributed by atoms with van der Waals surface area (Å²) < 4.78 is 3.71. The molecule has 2 N–H and O–H groups in total. The van der Waals surface area contributed by atoms with E-state index in [2.05, 4.69) is 14.9 Å². The first-order chi connectivity index (χ1) is 7.09. The van der Waals surface area contributed by atoms with Gasteiger partial charge in [0.25, 0.3) is 0 Å². The van der Waals surface area contributed by atoms with E-state index in [-0.39, 0.29) is 0 Å². The van der Waals surface area contributed by atoms with E-state index in [1.165, 1.54) is 11.5 Å². The van der Waals surface area contributed by atoms with Crippen molar-refractivity contribution in [2.45, 2.75) is 32.9 Å². The van der Waals surface area contributed by atoms with E-state index in [1.807, 2.05) is 13.8 Å². The lowest BCUT2D eigenvalue weighted by molar-refractivity contribution is -0.140. The maximum atomic E-state index is 10.9. The van der Waals surface area contributed by atoms with Crippen molar-refractivity contribution in [3.63, 3.8) is 0 Å². The Hall–Kier alpha value is -1.01. The van der Waals surface area contributed by atoms with E-state index in [9.17, 15) is 4.79 Å². The summed E-state index contributed by atoms with van der Waals surface area (Å²) in [6.45, 7) is 4.46. The Morgan fingerprint density at radius 3 is 2.87 bits per heavy atom. The smallest absolute Gasteiger partial charge is 0.320 e. The highest BCUT2D eigenvalue weighted by Crippen LogP contribution is 2.06. The number of rotatable bonds is 6. The molecule has 1 atom stereocenters. The van der Waals surface area contributed by atoms with Gasteiger partial charge in [0.1, 0.15) is 6.04 Å². The Morgan fingerprint density at radius 1 is 1.67 bits per heavy atom. The van der Waals surface area contributed by atoms with E-state index in [0.29, 0.717) is 18.9 Å². The van der Waals surface area contributed by atoms with E-state index >= 15 is 0 Å². The van der Waals surface area contributed by atoms with Crippen LogP contribution in [0.15, 0.2) is 5.38 Å². The van der Waals surface area contributed by atoms with Crippen molar-refractivity contribution in [2.24, 2.45) is 5.92 Å². The predicted octanol–water partition coefficient (Wildman–Crippen LogP) is 1.13. The number of aromatic nitrogens is 2. The van der Waals surface area contributed by atoms with Crippen molar-refractivity contribution < 1.29 is 9.90 Å². The van der Waals surface area contributed by atoms with Crippen LogP contribution in [0.4, 0.5) is 0 Å². The van der Waals surface area contributed by atoms with Crippen LogP contribution in [0.1, 0.15) is 26.0 Å². The van der Waals surface area contributed by atoms with Crippen molar-refractivity contribution in [1.82, 2.24) is 14.9 Å². The molecule has 0 saturated heterocycles. The van der Waals surface area contributed by atoms with Crippen LogP contribution in [0.2, 0.25) is 0 Å². The molecule has 0 fully saturated rings. The van der Waals surface area contributed by atoms with Gasteiger partial charge in [-0.2, -0.15) is 0 Å². The molecule has 0 amide bonds. The van der Waals surface area contributed by atoms with Gasteiger partial charge >= 0.3 is 5.97 Å². The molecular formula is C9H15N3O2S. The van der Waals surface area contributed by atoms with Crippen LogP contribution in [0.25, 0.3) is 0 Å². The summed E-state index contributed by atoms with van der Waals surface area (Å²) in [5.74, 6) is -0.459. The molecule has 1 aromatic heterocycles. The molecule has 1 rings (SSSR count). The Kier molecular flexibility index (Phi) is 4.64. The number of carbonyl (C=O) groups is 1. The van der Waals surface area contributed by atoms with Crippen molar-refractivity contribution >= 4 is 17.5 Å². The number of hydrogen-bond donors (Lipinski definition) is 2. The van der Waals surface area contributed by atoms with Gasteiger partial charge in [0.15, 0.2) is 0 Å². The molecule has 1 aromatic rings.